The smallest absolute Gasteiger partial charge is 0.228 e. The van der Waals surface area contributed by atoms with Gasteiger partial charge in [-0.05, 0) is 37.0 Å². The minimum atomic E-state index is 0.0328. The van der Waals surface area contributed by atoms with Crippen molar-refractivity contribution in [1.82, 2.24) is 4.98 Å². The summed E-state index contributed by atoms with van der Waals surface area (Å²) in [6, 6.07) is 16.4. The highest BCUT2D eigenvalue weighted by atomic mass is 16.1. The molecule has 3 aromatic rings. The molecule has 3 nitrogen and oxygen atoms in total. The number of carbonyl (C=O) groups excluding carboxylic acids is 1. The molecule has 0 radical (unpaired) electrons. The number of H-pyrrole nitrogens is 1. The van der Waals surface area contributed by atoms with Crippen molar-refractivity contribution in [2.24, 2.45) is 5.92 Å². The van der Waals surface area contributed by atoms with Gasteiger partial charge in [0.25, 0.3) is 0 Å². The normalized spacial score (nSPS) is 14.2. The lowest BCUT2D eigenvalue weighted by atomic mass is 10.1. The molecule has 2 N–H and O–H groups in total. The number of nitrogens with one attached hydrogen (secondary N) is 2. The topological polar surface area (TPSA) is 44.9 Å². The average molecular weight is 290 g/mol. The van der Waals surface area contributed by atoms with E-state index >= 15 is 0 Å². The highest BCUT2D eigenvalue weighted by molar-refractivity contribution is 6.04. The predicted octanol–water partition coefficient (Wildman–Crippen LogP) is 3.83. The van der Waals surface area contributed by atoms with E-state index in [0.29, 0.717) is 0 Å². The SMILES string of the molecule is Cc1[nH]c2ccccc2c1NC(=O)C1Cc2ccccc2C1. The van der Waals surface area contributed by atoms with Gasteiger partial charge in [0.05, 0.1) is 5.69 Å². The number of aryl methyl sites for hydroxylation is 1. The van der Waals surface area contributed by atoms with E-state index in [2.05, 4.69) is 22.4 Å². The highest BCUT2D eigenvalue weighted by Gasteiger charge is 2.27. The Labute approximate surface area is 129 Å². The van der Waals surface area contributed by atoms with Gasteiger partial charge in [0.2, 0.25) is 5.91 Å². The van der Waals surface area contributed by atoms with E-state index < -0.39 is 0 Å². The molecule has 0 saturated heterocycles. The summed E-state index contributed by atoms with van der Waals surface area (Å²) in [5, 5.41) is 4.21. The maximum Gasteiger partial charge on any atom is 0.228 e. The van der Waals surface area contributed by atoms with E-state index in [4.69, 9.17) is 0 Å². The van der Waals surface area contributed by atoms with Gasteiger partial charge < -0.3 is 10.3 Å². The van der Waals surface area contributed by atoms with Crippen LogP contribution < -0.4 is 5.32 Å². The Balaban J connectivity index is 1.59. The Bertz CT molecular complexity index is 838. The summed E-state index contributed by atoms with van der Waals surface area (Å²) in [7, 11) is 0. The van der Waals surface area contributed by atoms with Gasteiger partial charge in [-0.2, -0.15) is 0 Å². The molecule has 2 aromatic carbocycles. The van der Waals surface area contributed by atoms with Crippen LogP contribution in [0, 0.1) is 12.8 Å². The first-order valence-corrected chi connectivity index (χ1v) is 7.67. The van der Waals surface area contributed by atoms with E-state index in [1.54, 1.807) is 0 Å². The summed E-state index contributed by atoms with van der Waals surface area (Å²) in [5.74, 6) is 0.148. The summed E-state index contributed by atoms with van der Waals surface area (Å²) in [4.78, 5) is 16.0. The fourth-order valence-corrected chi connectivity index (χ4v) is 3.41. The molecule has 0 atom stereocenters. The van der Waals surface area contributed by atoms with Crippen molar-refractivity contribution >= 4 is 22.5 Å². The lowest BCUT2D eigenvalue weighted by Gasteiger charge is -2.10. The minimum Gasteiger partial charge on any atom is -0.357 e. The van der Waals surface area contributed by atoms with Gasteiger partial charge in [-0.3, -0.25) is 4.79 Å². The fourth-order valence-electron chi connectivity index (χ4n) is 3.41. The zero-order valence-corrected chi connectivity index (χ0v) is 12.5. The number of hydrogen-bond donors (Lipinski definition) is 2. The summed E-state index contributed by atoms with van der Waals surface area (Å²) in [6.07, 6.45) is 1.67. The van der Waals surface area contributed by atoms with Gasteiger partial charge in [-0.1, -0.05) is 42.5 Å². The van der Waals surface area contributed by atoms with Gasteiger partial charge >= 0.3 is 0 Å². The van der Waals surface area contributed by atoms with E-state index in [1.165, 1.54) is 11.1 Å². The molecular formula is C19H18N2O. The van der Waals surface area contributed by atoms with Crippen LogP contribution in [0.5, 0.6) is 0 Å². The van der Waals surface area contributed by atoms with Gasteiger partial charge in [0.15, 0.2) is 0 Å². The first kappa shape index (κ1) is 13.1. The monoisotopic (exact) mass is 290 g/mol. The van der Waals surface area contributed by atoms with Gasteiger partial charge in [0.1, 0.15) is 0 Å². The van der Waals surface area contributed by atoms with Crippen LogP contribution >= 0.6 is 0 Å². The van der Waals surface area contributed by atoms with Crippen LogP contribution in [0.2, 0.25) is 0 Å². The minimum absolute atomic E-state index is 0.0328. The molecule has 1 heterocycles. The fraction of sp³-hybridized carbons (Fsp3) is 0.211. The van der Waals surface area contributed by atoms with Gasteiger partial charge in [0, 0.05) is 22.5 Å². The third kappa shape index (κ3) is 2.10. The first-order valence-electron chi connectivity index (χ1n) is 7.67. The van der Waals surface area contributed by atoms with Crippen LogP contribution in [-0.2, 0) is 17.6 Å². The van der Waals surface area contributed by atoms with Crippen LogP contribution in [-0.4, -0.2) is 10.9 Å². The summed E-state index contributed by atoms with van der Waals surface area (Å²) in [5.41, 5.74) is 5.59. The average Bonchev–Trinajstić information content (AvgIpc) is 3.09. The van der Waals surface area contributed by atoms with E-state index in [0.717, 1.165) is 35.1 Å². The molecule has 0 bridgehead atoms. The highest BCUT2D eigenvalue weighted by Crippen LogP contribution is 2.30. The van der Waals surface area contributed by atoms with Crippen molar-refractivity contribution in [3.05, 3.63) is 65.4 Å². The Kier molecular flexibility index (Phi) is 3.00. The van der Waals surface area contributed by atoms with Crippen molar-refractivity contribution in [2.75, 3.05) is 5.32 Å². The van der Waals surface area contributed by atoms with Crippen LogP contribution in [0.3, 0.4) is 0 Å². The molecule has 0 spiro atoms. The Morgan fingerprint density at radius 2 is 1.68 bits per heavy atom. The van der Waals surface area contributed by atoms with Crippen LogP contribution in [0.1, 0.15) is 16.8 Å². The van der Waals surface area contributed by atoms with E-state index in [1.807, 2.05) is 43.3 Å². The number of aromatic nitrogens is 1. The number of rotatable bonds is 2. The summed E-state index contributed by atoms with van der Waals surface area (Å²) in [6.45, 7) is 2.00. The number of aromatic amines is 1. The largest absolute Gasteiger partial charge is 0.357 e. The lowest BCUT2D eigenvalue weighted by Crippen LogP contribution is -2.23. The Hall–Kier alpha value is -2.55. The molecular weight excluding hydrogens is 272 g/mol. The zero-order valence-electron chi connectivity index (χ0n) is 12.5. The number of fused-ring (bicyclic) bond motifs is 2. The number of hydrogen-bond acceptors (Lipinski definition) is 1. The van der Waals surface area contributed by atoms with E-state index in [9.17, 15) is 4.79 Å². The van der Waals surface area contributed by atoms with Crippen LogP contribution in [0.15, 0.2) is 48.5 Å². The Morgan fingerprint density at radius 3 is 2.41 bits per heavy atom. The molecule has 0 fully saturated rings. The number of amides is 1. The van der Waals surface area contributed by atoms with Crippen molar-refractivity contribution < 1.29 is 4.79 Å². The molecule has 0 unspecified atom stereocenters. The maximum atomic E-state index is 12.7. The molecule has 0 saturated carbocycles. The second-order valence-corrected chi connectivity index (χ2v) is 6.03. The molecule has 1 aliphatic carbocycles. The Morgan fingerprint density at radius 1 is 1.05 bits per heavy atom. The predicted molar refractivity (Wildman–Crippen MR) is 89.0 cm³/mol. The quantitative estimate of drug-likeness (QED) is 0.740. The third-order valence-corrected chi connectivity index (χ3v) is 4.56. The van der Waals surface area contributed by atoms with Crippen molar-refractivity contribution in [3.8, 4) is 0 Å². The second kappa shape index (κ2) is 5.02. The molecule has 1 amide bonds. The van der Waals surface area contributed by atoms with Gasteiger partial charge in [-0.25, -0.2) is 0 Å². The zero-order chi connectivity index (χ0) is 15.1. The molecule has 0 aliphatic heterocycles. The molecule has 1 aliphatic rings. The maximum absolute atomic E-state index is 12.7. The second-order valence-electron chi connectivity index (χ2n) is 6.03. The molecule has 22 heavy (non-hydrogen) atoms. The number of para-hydroxylation sites is 1. The molecule has 1 aromatic heterocycles. The molecule has 110 valence electrons. The molecule has 4 rings (SSSR count). The summed E-state index contributed by atoms with van der Waals surface area (Å²) >= 11 is 0. The number of anilines is 1. The van der Waals surface area contributed by atoms with Crippen molar-refractivity contribution in [2.45, 2.75) is 19.8 Å². The van der Waals surface area contributed by atoms with Crippen LogP contribution in [0.25, 0.3) is 10.9 Å². The molecule has 3 heteroatoms. The first-order chi connectivity index (χ1) is 10.7. The van der Waals surface area contributed by atoms with Crippen molar-refractivity contribution in [3.63, 3.8) is 0 Å². The van der Waals surface area contributed by atoms with Crippen LogP contribution in [0.4, 0.5) is 5.69 Å². The summed E-state index contributed by atoms with van der Waals surface area (Å²) < 4.78 is 0. The van der Waals surface area contributed by atoms with Crippen molar-refractivity contribution in [1.29, 1.82) is 0 Å². The standard InChI is InChI=1S/C19H18N2O/c1-12-18(16-8-4-5-9-17(16)20-12)21-19(22)15-10-13-6-2-3-7-14(13)11-15/h2-9,15,20H,10-11H2,1H3,(H,21,22). The van der Waals surface area contributed by atoms with E-state index in [-0.39, 0.29) is 11.8 Å². The lowest BCUT2D eigenvalue weighted by molar-refractivity contribution is -0.119. The third-order valence-electron chi connectivity index (χ3n) is 4.56. The number of carbonyl (C=O) groups is 1. The number of benzene rings is 2. The van der Waals surface area contributed by atoms with Gasteiger partial charge in [-0.15, -0.1) is 0 Å².